The summed E-state index contributed by atoms with van der Waals surface area (Å²) >= 11 is 0. The van der Waals surface area contributed by atoms with E-state index in [4.69, 9.17) is 0 Å². The standard InChI is InChI=1S/C26H45NO7.3Na/c1-2-3-4-5-6-7-8-9-10-11-12-13-14-15-16-17-20-27(23(28)18-19-24(29)30)22(26(33)34)21-25(31)32;;;/h18-19,22H,2-17,20-21H2,1H3,(H,29,30)(H,31,32)(H,33,34);;;/q;3*+1/p-3/b19-18-;;;/t22-;;;/m0.../s1. The Morgan fingerprint density at radius 3 is 1.32 bits per heavy atom. The topological polar surface area (TPSA) is 141 Å². The molecule has 0 aromatic rings. The first-order valence-electron chi connectivity index (χ1n) is 12.9. The van der Waals surface area contributed by atoms with Crippen molar-refractivity contribution in [3.05, 3.63) is 12.2 Å². The van der Waals surface area contributed by atoms with Crippen molar-refractivity contribution in [3.63, 3.8) is 0 Å². The van der Waals surface area contributed by atoms with Crippen LogP contribution in [0.3, 0.4) is 0 Å². The molecule has 0 aromatic carbocycles. The van der Waals surface area contributed by atoms with Gasteiger partial charge in [-0.1, -0.05) is 103 Å². The van der Waals surface area contributed by atoms with Crippen LogP contribution in [-0.2, 0) is 19.2 Å². The molecule has 0 N–H and O–H groups in total. The van der Waals surface area contributed by atoms with Crippen LogP contribution in [0.4, 0.5) is 0 Å². The summed E-state index contributed by atoms with van der Waals surface area (Å²) in [4.78, 5) is 45.8. The number of unbranched alkanes of at least 4 members (excludes halogenated alkanes) is 15. The van der Waals surface area contributed by atoms with Gasteiger partial charge in [-0.05, 0) is 12.5 Å². The summed E-state index contributed by atoms with van der Waals surface area (Å²) in [5.41, 5.74) is 0. The first-order valence-corrected chi connectivity index (χ1v) is 12.9. The van der Waals surface area contributed by atoms with E-state index in [0.717, 1.165) is 30.6 Å². The van der Waals surface area contributed by atoms with Crippen molar-refractivity contribution in [1.82, 2.24) is 4.90 Å². The summed E-state index contributed by atoms with van der Waals surface area (Å²) in [7, 11) is 0. The molecule has 0 spiro atoms. The Bertz CT molecular complexity index is 633. The zero-order chi connectivity index (χ0) is 25.6. The number of carboxylic acids is 3. The number of hydrogen-bond donors (Lipinski definition) is 0. The van der Waals surface area contributed by atoms with E-state index in [9.17, 15) is 34.5 Å². The number of aliphatic carboxylic acids is 3. The first kappa shape index (κ1) is 44.6. The predicted molar refractivity (Wildman–Crippen MR) is 124 cm³/mol. The van der Waals surface area contributed by atoms with Crippen LogP contribution in [0.1, 0.15) is 116 Å². The van der Waals surface area contributed by atoms with Crippen molar-refractivity contribution in [2.24, 2.45) is 0 Å². The molecule has 0 saturated heterocycles. The van der Waals surface area contributed by atoms with Crippen molar-refractivity contribution < 1.29 is 123 Å². The monoisotopic (exact) mass is 549 g/mol. The van der Waals surface area contributed by atoms with Gasteiger partial charge in [-0.25, -0.2) is 0 Å². The molecule has 11 heteroatoms. The van der Waals surface area contributed by atoms with E-state index in [1.54, 1.807) is 0 Å². The van der Waals surface area contributed by atoms with Crippen LogP contribution in [0.15, 0.2) is 12.2 Å². The van der Waals surface area contributed by atoms with Gasteiger partial charge in [0.05, 0.1) is 18.0 Å². The van der Waals surface area contributed by atoms with Gasteiger partial charge < -0.3 is 34.6 Å². The van der Waals surface area contributed by atoms with E-state index in [2.05, 4.69) is 6.92 Å². The second-order valence-corrected chi connectivity index (χ2v) is 8.90. The Morgan fingerprint density at radius 2 is 1.00 bits per heavy atom. The van der Waals surface area contributed by atoms with E-state index in [1.807, 2.05) is 0 Å². The van der Waals surface area contributed by atoms with Crippen molar-refractivity contribution in [2.75, 3.05) is 6.54 Å². The largest absolute Gasteiger partial charge is 1.00 e. The van der Waals surface area contributed by atoms with Gasteiger partial charge in [0.2, 0.25) is 5.91 Å². The molecule has 196 valence electrons. The summed E-state index contributed by atoms with van der Waals surface area (Å²) < 4.78 is 0. The minimum atomic E-state index is -1.73. The van der Waals surface area contributed by atoms with Crippen LogP contribution in [0.2, 0.25) is 0 Å². The molecule has 0 saturated carbocycles. The van der Waals surface area contributed by atoms with Crippen LogP contribution >= 0.6 is 0 Å². The molecule has 0 aliphatic heterocycles. The Kier molecular flexibility index (Phi) is 37.6. The van der Waals surface area contributed by atoms with Gasteiger partial charge in [-0.2, -0.15) is 0 Å². The normalized spacial score (nSPS) is 11.1. The van der Waals surface area contributed by atoms with E-state index in [0.29, 0.717) is 18.6 Å². The fourth-order valence-electron chi connectivity index (χ4n) is 3.96. The quantitative estimate of drug-likeness (QED) is 0.0701. The maximum atomic E-state index is 12.2. The van der Waals surface area contributed by atoms with Crippen molar-refractivity contribution >= 4 is 23.8 Å². The van der Waals surface area contributed by atoms with Crippen molar-refractivity contribution in [3.8, 4) is 0 Å². The summed E-state index contributed by atoms with van der Waals surface area (Å²) in [6.07, 6.45) is 18.9. The molecule has 8 nitrogen and oxygen atoms in total. The summed E-state index contributed by atoms with van der Waals surface area (Å²) in [5.74, 6) is -5.89. The van der Waals surface area contributed by atoms with Gasteiger partial charge in [0.25, 0.3) is 0 Å². The average Bonchev–Trinajstić information content (AvgIpc) is 2.78. The SMILES string of the molecule is CCCCCCCCCCCCCCCCCCN(C(=O)/C=C\C(=O)[O-])[C@@H](CC(=O)[O-])C(=O)[O-].[Na+].[Na+].[Na+]. The molecular weight excluding hydrogens is 507 g/mol. The second-order valence-electron chi connectivity index (χ2n) is 8.90. The fraction of sp³-hybridized carbons (Fsp3) is 0.769. The number of nitrogens with zero attached hydrogens (tertiary/aromatic N) is 1. The molecule has 0 aliphatic carbocycles. The van der Waals surface area contributed by atoms with Crippen LogP contribution in [-0.4, -0.2) is 41.3 Å². The molecule has 0 fully saturated rings. The third-order valence-corrected chi connectivity index (χ3v) is 5.91. The molecule has 0 heterocycles. The Morgan fingerprint density at radius 1 is 0.622 bits per heavy atom. The molecule has 37 heavy (non-hydrogen) atoms. The maximum Gasteiger partial charge on any atom is 1.00 e. The van der Waals surface area contributed by atoms with E-state index in [1.165, 1.54) is 70.6 Å². The molecule has 0 radical (unpaired) electrons. The Labute approximate surface area is 289 Å². The van der Waals surface area contributed by atoms with E-state index < -0.39 is 36.3 Å². The fourth-order valence-corrected chi connectivity index (χ4v) is 3.96. The molecule has 0 unspecified atom stereocenters. The number of carboxylic acid groups (broad SMARTS) is 3. The van der Waals surface area contributed by atoms with Crippen LogP contribution < -0.4 is 104 Å². The van der Waals surface area contributed by atoms with Crippen molar-refractivity contribution in [2.45, 2.75) is 122 Å². The second kappa shape index (κ2) is 31.2. The number of carbonyl (C=O) groups is 4. The number of carbonyl (C=O) groups excluding carboxylic acids is 4. The molecule has 0 aliphatic rings. The van der Waals surface area contributed by atoms with Crippen LogP contribution in [0.5, 0.6) is 0 Å². The van der Waals surface area contributed by atoms with Gasteiger partial charge >= 0.3 is 88.7 Å². The Balaban J connectivity index is -0.00000181. The van der Waals surface area contributed by atoms with Crippen LogP contribution in [0, 0.1) is 0 Å². The zero-order valence-electron chi connectivity index (χ0n) is 23.8. The minimum absolute atomic E-state index is 0. The molecule has 0 rings (SSSR count). The number of rotatable bonds is 23. The third kappa shape index (κ3) is 28.0. The van der Waals surface area contributed by atoms with Crippen LogP contribution in [0.25, 0.3) is 0 Å². The Hall–Kier alpha value is 0.620. The predicted octanol–water partition coefficient (Wildman–Crippen LogP) is -7.35. The van der Waals surface area contributed by atoms with E-state index in [-0.39, 0.29) is 95.2 Å². The van der Waals surface area contributed by atoms with Gasteiger partial charge in [0, 0.05) is 25.0 Å². The van der Waals surface area contributed by atoms with Gasteiger partial charge in [0.15, 0.2) is 0 Å². The molecule has 1 amide bonds. The number of hydrogen-bond acceptors (Lipinski definition) is 7. The first-order chi connectivity index (χ1) is 16.3. The van der Waals surface area contributed by atoms with Crippen molar-refractivity contribution in [1.29, 1.82) is 0 Å². The summed E-state index contributed by atoms with van der Waals surface area (Å²) in [6.45, 7) is 2.22. The maximum absolute atomic E-state index is 12.2. The molecular formula is C26H42NNa3O7. The zero-order valence-corrected chi connectivity index (χ0v) is 29.8. The number of amides is 1. The summed E-state index contributed by atoms with van der Waals surface area (Å²) in [6, 6.07) is -1.72. The van der Waals surface area contributed by atoms with Gasteiger partial charge in [-0.15, -0.1) is 0 Å². The smallest absolute Gasteiger partial charge is 0.550 e. The molecule has 0 bridgehead atoms. The summed E-state index contributed by atoms with van der Waals surface area (Å²) in [5, 5.41) is 32.7. The third-order valence-electron chi connectivity index (χ3n) is 5.91. The molecule has 1 atom stereocenters. The average molecular weight is 550 g/mol. The molecule has 0 aromatic heterocycles. The minimum Gasteiger partial charge on any atom is -0.550 e. The van der Waals surface area contributed by atoms with Gasteiger partial charge in [0.1, 0.15) is 0 Å². The van der Waals surface area contributed by atoms with E-state index >= 15 is 0 Å². The van der Waals surface area contributed by atoms with Gasteiger partial charge in [-0.3, -0.25) is 4.79 Å².